The Morgan fingerprint density at radius 1 is 1.00 bits per heavy atom. The number of rotatable bonds is 4. The molecule has 0 spiro atoms. The summed E-state index contributed by atoms with van der Waals surface area (Å²) < 4.78 is 5.51. The van der Waals surface area contributed by atoms with Crippen LogP contribution in [-0.2, 0) is 4.79 Å². The van der Waals surface area contributed by atoms with Crippen molar-refractivity contribution in [2.75, 3.05) is 32.8 Å². The second kappa shape index (κ2) is 9.12. The van der Waals surface area contributed by atoms with E-state index in [4.69, 9.17) is 16.3 Å². The van der Waals surface area contributed by atoms with Crippen molar-refractivity contribution in [3.8, 4) is 5.75 Å². The van der Waals surface area contributed by atoms with Gasteiger partial charge in [-0.2, -0.15) is 0 Å². The maximum Gasteiger partial charge on any atom is 0.317 e. The van der Waals surface area contributed by atoms with Crippen molar-refractivity contribution in [3.63, 3.8) is 0 Å². The highest BCUT2D eigenvalue weighted by atomic mass is 35.5. The number of hydrogen-bond acceptors (Lipinski definition) is 3. The van der Waals surface area contributed by atoms with Crippen LogP contribution in [0.5, 0.6) is 5.75 Å². The second-order valence-electron chi connectivity index (χ2n) is 6.89. The Morgan fingerprint density at radius 3 is 2.27 bits per heavy atom. The van der Waals surface area contributed by atoms with Crippen LogP contribution < -0.4 is 10.1 Å². The highest BCUT2D eigenvalue weighted by Crippen LogP contribution is 2.18. The van der Waals surface area contributed by atoms with E-state index in [1.807, 2.05) is 0 Å². The summed E-state index contributed by atoms with van der Waals surface area (Å²) in [7, 11) is 0. The van der Waals surface area contributed by atoms with Crippen molar-refractivity contribution in [1.82, 2.24) is 15.1 Å². The smallest absolute Gasteiger partial charge is 0.317 e. The van der Waals surface area contributed by atoms with Crippen molar-refractivity contribution >= 4 is 23.5 Å². The standard InChI is InChI=1S/C19H26ClN3O3/c20-15-6-8-17(9-7-15)26-14-18(24)22-10-12-23(13-11-22)19(25)21-16-4-2-1-3-5-16/h6-9,16H,1-5,10-14H2,(H,21,25). The van der Waals surface area contributed by atoms with Crippen LogP contribution in [0.3, 0.4) is 0 Å². The first-order valence-electron chi connectivity index (χ1n) is 9.33. The number of nitrogens with one attached hydrogen (secondary N) is 1. The average Bonchev–Trinajstić information content (AvgIpc) is 2.68. The normalized spacial score (nSPS) is 18.5. The maximum atomic E-state index is 12.4. The van der Waals surface area contributed by atoms with Crippen molar-refractivity contribution in [3.05, 3.63) is 29.3 Å². The highest BCUT2D eigenvalue weighted by molar-refractivity contribution is 6.30. The van der Waals surface area contributed by atoms with Gasteiger partial charge < -0.3 is 19.9 Å². The lowest BCUT2D eigenvalue weighted by molar-refractivity contribution is -0.134. The van der Waals surface area contributed by atoms with Crippen molar-refractivity contribution in [2.45, 2.75) is 38.1 Å². The molecule has 1 aliphatic carbocycles. The van der Waals surface area contributed by atoms with Gasteiger partial charge in [0.15, 0.2) is 6.61 Å². The Labute approximate surface area is 159 Å². The van der Waals surface area contributed by atoms with Crippen molar-refractivity contribution in [1.29, 1.82) is 0 Å². The summed E-state index contributed by atoms with van der Waals surface area (Å²) in [5, 5.41) is 3.76. The van der Waals surface area contributed by atoms with Crippen LogP contribution >= 0.6 is 11.6 Å². The Morgan fingerprint density at radius 2 is 1.62 bits per heavy atom. The summed E-state index contributed by atoms with van der Waals surface area (Å²) >= 11 is 5.83. The minimum absolute atomic E-state index is 0.00131. The molecule has 0 bridgehead atoms. The van der Waals surface area contributed by atoms with Gasteiger partial charge in [0.25, 0.3) is 5.91 Å². The van der Waals surface area contributed by atoms with E-state index in [1.165, 1.54) is 19.3 Å². The number of carbonyl (C=O) groups excluding carboxylic acids is 2. The first-order chi connectivity index (χ1) is 12.6. The first kappa shape index (κ1) is 18.8. The van der Waals surface area contributed by atoms with Gasteiger partial charge in [0.05, 0.1) is 0 Å². The third kappa shape index (κ3) is 5.27. The molecule has 2 fully saturated rings. The van der Waals surface area contributed by atoms with E-state index in [2.05, 4.69) is 5.32 Å². The van der Waals surface area contributed by atoms with E-state index in [-0.39, 0.29) is 18.5 Å². The van der Waals surface area contributed by atoms with Crippen LogP contribution in [-0.4, -0.2) is 60.6 Å². The Hall–Kier alpha value is -1.95. The number of benzene rings is 1. The molecule has 6 nitrogen and oxygen atoms in total. The number of nitrogens with zero attached hydrogens (tertiary/aromatic N) is 2. The third-order valence-corrected chi connectivity index (χ3v) is 5.28. The van der Waals surface area contributed by atoms with E-state index < -0.39 is 0 Å². The number of hydrogen-bond donors (Lipinski definition) is 1. The third-order valence-electron chi connectivity index (χ3n) is 5.03. The second-order valence-corrected chi connectivity index (χ2v) is 7.33. The molecule has 2 aliphatic rings. The molecule has 142 valence electrons. The van der Waals surface area contributed by atoms with E-state index >= 15 is 0 Å². The van der Waals surface area contributed by atoms with Gasteiger partial charge >= 0.3 is 6.03 Å². The van der Waals surface area contributed by atoms with Crippen LogP contribution in [0.15, 0.2) is 24.3 Å². The van der Waals surface area contributed by atoms with Gasteiger partial charge in [0.1, 0.15) is 5.75 Å². The van der Waals surface area contributed by atoms with Gasteiger partial charge in [0.2, 0.25) is 0 Å². The van der Waals surface area contributed by atoms with E-state index in [9.17, 15) is 9.59 Å². The summed E-state index contributed by atoms with van der Waals surface area (Å²) in [5.74, 6) is 0.556. The van der Waals surface area contributed by atoms with Crippen LogP contribution in [0, 0.1) is 0 Å². The maximum absolute atomic E-state index is 12.4. The Balaban J connectivity index is 1.39. The van der Waals surface area contributed by atoms with Crippen LogP contribution in [0.2, 0.25) is 5.02 Å². The summed E-state index contributed by atoms with van der Waals surface area (Å²) in [4.78, 5) is 28.2. The molecule has 1 saturated carbocycles. The summed E-state index contributed by atoms with van der Waals surface area (Å²) in [6.07, 6.45) is 5.81. The Kier molecular flexibility index (Phi) is 6.61. The monoisotopic (exact) mass is 379 g/mol. The molecule has 1 saturated heterocycles. The van der Waals surface area contributed by atoms with E-state index in [1.54, 1.807) is 34.1 Å². The SMILES string of the molecule is O=C(COc1ccc(Cl)cc1)N1CCN(C(=O)NC2CCCCC2)CC1. The van der Waals surface area contributed by atoms with E-state index in [0.29, 0.717) is 43.0 Å². The highest BCUT2D eigenvalue weighted by Gasteiger charge is 2.26. The van der Waals surface area contributed by atoms with Gasteiger partial charge in [0, 0.05) is 37.2 Å². The zero-order chi connectivity index (χ0) is 18.4. The molecule has 3 amide bonds. The minimum Gasteiger partial charge on any atom is -0.484 e. The molecule has 1 heterocycles. The number of urea groups is 1. The number of ether oxygens (including phenoxy) is 1. The van der Waals surface area contributed by atoms with Crippen molar-refractivity contribution < 1.29 is 14.3 Å². The lowest BCUT2D eigenvalue weighted by Crippen LogP contribution is -2.55. The van der Waals surface area contributed by atoms with Gasteiger partial charge in [-0.25, -0.2) is 4.79 Å². The first-order valence-corrected chi connectivity index (χ1v) is 9.71. The van der Waals surface area contributed by atoms with Gasteiger partial charge in [-0.3, -0.25) is 4.79 Å². The lowest BCUT2D eigenvalue weighted by atomic mass is 9.96. The largest absolute Gasteiger partial charge is 0.484 e. The zero-order valence-corrected chi connectivity index (χ0v) is 15.7. The van der Waals surface area contributed by atoms with Gasteiger partial charge in [-0.1, -0.05) is 30.9 Å². The van der Waals surface area contributed by atoms with Crippen molar-refractivity contribution in [2.24, 2.45) is 0 Å². The predicted molar refractivity (Wildman–Crippen MR) is 101 cm³/mol. The molecule has 0 atom stereocenters. The fourth-order valence-corrected chi connectivity index (χ4v) is 3.56. The van der Waals surface area contributed by atoms with E-state index in [0.717, 1.165) is 12.8 Å². The Bertz CT molecular complexity index is 609. The number of halogens is 1. The number of carbonyl (C=O) groups is 2. The van der Waals surface area contributed by atoms with Gasteiger partial charge in [-0.15, -0.1) is 0 Å². The molecular weight excluding hydrogens is 354 g/mol. The molecule has 1 aliphatic heterocycles. The molecule has 7 heteroatoms. The molecule has 1 aromatic carbocycles. The molecule has 3 rings (SSSR count). The summed E-state index contributed by atoms with van der Waals surface area (Å²) in [6.45, 7) is 2.20. The molecule has 1 N–H and O–H groups in total. The number of piperazine rings is 1. The molecule has 26 heavy (non-hydrogen) atoms. The van der Waals surface area contributed by atoms with Gasteiger partial charge in [-0.05, 0) is 37.1 Å². The van der Waals surface area contributed by atoms with Crippen LogP contribution in [0.4, 0.5) is 4.79 Å². The molecular formula is C19H26ClN3O3. The summed E-state index contributed by atoms with van der Waals surface area (Å²) in [5.41, 5.74) is 0. The molecule has 0 radical (unpaired) electrons. The summed E-state index contributed by atoms with van der Waals surface area (Å²) in [6, 6.07) is 7.24. The lowest BCUT2D eigenvalue weighted by Gasteiger charge is -2.36. The van der Waals surface area contributed by atoms with Crippen LogP contribution in [0.25, 0.3) is 0 Å². The zero-order valence-electron chi connectivity index (χ0n) is 15.0. The minimum atomic E-state index is -0.0627. The fourth-order valence-electron chi connectivity index (χ4n) is 3.44. The molecule has 0 unspecified atom stereocenters. The number of amides is 3. The quantitative estimate of drug-likeness (QED) is 0.874. The molecule has 0 aromatic heterocycles. The topological polar surface area (TPSA) is 61.9 Å². The fraction of sp³-hybridized carbons (Fsp3) is 0.579. The predicted octanol–water partition coefficient (Wildman–Crippen LogP) is 2.91. The van der Waals surface area contributed by atoms with Crippen LogP contribution in [0.1, 0.15) is 32.1 Å². The average molecular weight is 380 g/mol. The molecule has 1 aromatic rings.